The van der Waals surface area contributed by atoms with Crippen molar-refractivity contribution in [2.75, 3.05) is 0 Å². The number of hydrogen-bond acceptors (Lipinski definition) is 2. The lowest BCUT2D eigenvalue weighted by Gasteiger charge is -2.41. The predicted molar refractivity (Wildman–Crippen MR) is 79.8 cm³/mol. The van der Waals surface area contributed by atoms with Crippen LogP contribution in [0.15, 0.2) is 36.5 Å². The van der Waals surface area contributed by atoms with Gasteiger partial charge in [0.2, 0.25) is 0 Å². The maximum Gasteiger partial charge on any atom is 0.0705 e. The molecule has 100 valence electrons. The lowest BCUT2D eigenvalue weighted by atomic mass is 9.68. The summed E-state index contributed by atoms with van der Waals surface area (Å²) in [5.74, 6) is 1.47. The highest BCUT2D eigenvalue weighted by atomic mass is 14.8. The number of aromatic nitrogens is 1. The van der Waals surface area contributed by atoms with Gasteiger partial charge in [0.1, 0.15) is 0 Å². The fourth-order valence-electron chi connectivity index (χ4n) is 3.43. The molecule has 3 unspecified atom stereocenters. The van der Waals surface area contributed by atoms with Gasteiger partial charge in [0, 0.05) is 17.1 Å². The summed E-state index contributed by atoms with van der Waals surface area (Å²) in [6.45, 7) is 4.67. The summed E-state index contributed by atoms with van der Waals surface area (Å²) in [7, 11) is 0. The highest BCUT2D eigenvalue weighted by molar-refractivity contribution is 5.83. The van der Waals surface area contributed by atoms with Gasteiger partial charge in [0.05, 0.1) is 5.52 Å². The first-order valence-corrected chi connectivity index (χ1v) is 7.23. The van der Waals surface area contributed by atoms with Crippen LogP contribution in [0, 0.1) is 11.8 Å². The molecule has 0 bridgehead atoms. The van der Waals surface area contributed by atoms with Crippen LogP contribution in [0.3, 0.4) is 0 Å². The molecule has 2 N–H and O–H groups in total. The Morgan fingerprint density at radius 1 is 1.16 bits per heavy atom. The third-order valence-electron chi connectivity index (χ3n) is 4.89. The van der Waals surface area contributed by atoms with Crippen LogP contribution in [0.5, 0.6) is 0 Å². The molecule has 0 amide bonds. The number of rotatable bonds is 1. The molecule has 0 radical (unpaired) electrons. The van der Waals surface area contributed by atoms with Crippen LogP contribution in [0.1, 0.15) is 38.7 Å². The van der Waals surface area contributed by atoms with Crippen LogP contribution >= 0.6 is 0 Å². The highest BCUT2D eigenvalue weighted by Crippen LogP contribution is 2.42. The molecule has 0 spiro atoms. The first-order valence-electron chi connectivity index (χ1n) is 7.23. The number of hydrogen-bond donors (Lipinski definition) is 1. The van der Waals surface area contributed by atoms with Gasteiger partial charge in [-0.1, -0.05) is 32.0 Å². The van der Waals surface area contributed by atoms with Gasteiger partial charge in [0.15, 0.2) is 0 Å². The van der Waals surface area contributed by atoms with Crippen LogP contribution in [0.25, 0.3) is 10.9 Å². The molecule has 3 rings (SSSR count). The van der Waals surface area contributed by atoms with Crippen LogP contribution in [0.4, 0.5) is 0 Å². The van der Waals surface area contributed by atoms with Crippen molar-refractivity contribution in [3.63, 3.8) is 0 Å². The van der Waals surface area contributed by atoms with Crippen molar-refractivity contribution in [1.82, 2.24) is 4.98 Å². The summed E-state index contributed by atoms with van der Waals surface area (Å²) in [5, 5.41) is 1.22. The van der Waals surface area contributed by atoms with Gasteiger partial charge in [-0.05, 0) is 48.8 Å². The Bertz CT molecular complexity index is 587. The number of pyridine rings is 1. The van der Waals surface area contributed by atoms with E-state index in [9.17, 15) is 0 Å². The third kappa shape index (κ3) is 2.14. The molecular weight excluding hydrogens is 232 g/mol. The average Bonchev–Trinajstić information content (AvgIpc) is 2.43. The van der Waals surface area contributed by atoms with E-state index in [-0.39, 0.29) is 5.54 Å². The van der Waals surface area contributed by atoms with Gasteiger partial charge in [-0.15, -0.1) is 0 Å². The zero-order valence-corrected chi connectivity index (χ0v) is 11.8. The Kier molecular flexibility index (Phi) is 3.06. The molecule has 1 aromatic heterocycles. The van der Waals surface area contributed by atoms with Crippen molar-refractivity contribution >= 4 is 10.9 Å². The number of nitrogens with two attached hydrogens (primary N) is 1. The smallest absolute Gasteiger partial charge is 0.0705 e. The summed E-state index contributed by atoms with van der Waals surface area (Å²) in [6.07, 6.45) is 5.21. The summed E-state index contributed by atoms with van der Waals surface area (Å²) >= 11 is 0. The molecule has 0 saturated heterocycles. The largest absolute Gasteiger partial charge is 0.321 e. The Labute approximate surface area is 115 Å². The minimum atomic E-state index is -0.186. The van der Waals surface area contributed by atoms with Gasteiger partial charge >= 0.3 is 0 Å². The fourth-order valence-corrected chi connectivity index (χ4v) is 3.43. The van der Waals surface area contributed by atoms with Crippen LogP contribution < -0.4 is 5.73 Å². The minimum absolute atomic E-state index is 0.186. The second-order valence-corrected chi connectivity index (χ2v) is 6.23. The molecule has 0 aliphatic heterocycles. The van der Waals surface area contributed by atoms with Gasteiger partial charge < -0.3 is 5.73 Å². The van der Waals surface area contributed by atoms with Crippen molar-refractivity contribution in [3.05, 3.63) is 42.1 Å². The van der Waals surface area contributed by atoms with E-state index in [1.807, 2.05) is 12.3 Å². The standard InChI is InChI=1S/C17H22N2/c1-12-8-9-17(18,11-13(12)2)15-6-3-7-16-14(15)5-4-10-19-16/h3-7,10,12-13H,8-9,11,18H2,1-2H3. The van der Waals surface area contributed by atoms with E-state index in [0.717, 1.165) is 24.3 Å². The topological polar surface area (TPSA) is 38.9 Å². The molecule has 1 saturated carbocycles. The zero-order valence-electron chi connectivity index (χ0n) is 11.8. The van der Waals surface area contributed by atoms with Crippen molar-refractivity contribution in [2.45, 2.75) is 38.6 Å². The van der Waals surface area contributed by atoms with Crippen molar-refractivity contribution < 1.29 is 0 Å². The van der Waals surface area contributed by atoms with E-state index in [2.05, 4.69) is 43.1 Å². The van der Waals surface area contributed by atoms with E-state index >= 15 is 0 Å². The Balaban J connectivity index is 2.09. The maximum absolute atomic E-state index is 6.77. The number of benzene rings is 1. The molecule has 1 aliphatic rings. The molecule has 3 atom stereocenters. The first-order chi connectivity index (χ1) is 9.10. The molecule has 19 heavy (non-hydrogen) atoms. The van der Waals surface area contributed by atoms with Gasteiger partial charge in [-0.2, -0.15) is 0 Å². The lowest BCUT2D eigenvalue weighted by Crippen LogP contribution is -2.43. The average molecular weight is 254 g/mol. The number of nitrogens with zero attached hydrogens (tertiary/aromatic N) is 1. The SMILES string of the molecule is CC1CCC(N)(c2cccc3ncccc23)CC1C. The summed E-state index contributed by atoms with van der Waals surface area (Å²) in [6, 6.07) is 10.5. The maximum atomic E-state index is 6.77. The van der Waals surface area contributed by atoms with E-state index in [1.165, 1.54) is 17.4 Å². The second-order valence-electron chi connectivity index (χ2n) is 6.23. The normalized spacial score (nSPS) is 31.5. The van der Waals surface area contributed by atoms with Crippen LogP contribution in [0.2, 0.25) is 0 Å². The second kappa shape index (κ2) is 4.61. The van der Waals surface area contributed by atoms with Gasteiger partial charge in [-0.25, -0.2) is 0 Å². The van der Waals surface area contributed by atoms with Gasteiger partial charge in [-0.3, -0.25) is 4.98 Å². The van der Waals surface area contributed by atoms with Crippen molar-refractivity contribution in [3.8, 4) is 0 Å². The first kappa shape index (κ1) is 12.6. The Hall–Kier alpha value is -1.41. The Morgan fingerprint density at radius 2 is 2.00 bits per heavy atom. The molecule has 1 fully saturated rings. The summed E-state index contributed by atoms with van der Waals surface area (Å²) in [5.41, 5.74) is 8.91. The molecule has 1 aromatic carbocycles. The third-order valence-corrected chi connectivity index (χ3v) is 4.89. The Morgan fingerprint density at radius 3 is 2.79 bits per heavy atom. The van der Waals surface area contributed by atoms with Crippen LogP contribution in [-0.4, -0.2) is 4.98 Å². The molecule has 2 aromatic rings. The molecule has 2 nitrogen and oxygen atoms in total. The van der Waals surface area contributed by atoms with Crippen LogP contribution in [-0.2, 0) is 5.54 Å². The van der Waals surface area contributed by atoms with Crippen molar-refractivity contribution in [1.29, 1.82) is 0 Å². The molecule has 2 heteroatoms. The van der Waals surface area contributed by atoms with E-state index in [0.29, 0.717) is 5.92 Å². The quantitative estimate of drug-likeness (QED) is 0.839. The summed E-state index contributed by atoms with van der Waals surface area (Å²) < 4.78 is 0. The van der Waals surface area contributed by atoms with E-state index < -0.39 is 0 Å². The molecular formula is C17H22N2. The fraction of sp³-hybridized carbons (Fsp3) is 0.471. The predicted octanol–water partition coefficient (Wildman–Crippen LogP) is 3.84. The molecule has 1 heterocycles. The monoisotopic (exact) mass is 254 g/mol. The summed E-state index contributed by atoms with van der Waals surface area (Å²) in [4.78, 5) is 4.45. The van der Waals surface area contributed by atoms with Gasteiger partial charge in [0.25, 0.3) is 0 Å². The highest BCUT2D eigenvalue weighted by Gasteiger charge is 2.36. The molecule has 1 aliphatic carbocycles. The van der Waals surface area contributed by atoms with E-state index in [1.54, 1.807) is 0 Å². The van der Waals surface area contributed by atoms with Crippen molar-refractivity contribution in [2.24, 2.45) is 17.6 Å². The number of fused-ring (bicyclic) bond motifs is 1. The lowest BCUT2D eigenvalue weighted by molar-refractivity contribution is 0.178. The minimum Gasteiger partial charge on any atom is -0.321 e. The zero-order chi connectivity index (χ0) is 13.5. The van der Waals surface area contributed by atoms with E-state index in [4.69, 9.17) is 5.73 Å².